The fraction of sp³-hybridized carbons (Fsp3) is 0.711. The molecule has 4 fully saturated rings. The van der Waals surface area contributed by atoms with Crippen molar-refractivity contribution >= 4 is 17.5 Å². The molecule has 2 spiro atoms. The molecule has 9 nitrogen and oxygen atoms in total. The third kappa shape index (κ3) is 12.5. The van der Waals surface area contributed by atoms with Crippen LogP contribution >= 0.6 is 0 Å². The molecule has 4 saturated heterocycles. The van der Waals surface area contributed by atoms with E-state index in [1.165, 1.54) is 98.3 Å². The summed E-state index contributed by atoms with van der Waals surface area (Å²) in [5, 5.41) is 11.0. The smallest absolute Gasteiger partial charge is 0.426 e. The summed E-state index contributed by atoms with van der Waals surface area (Å²) in [6, 6.07) is 13.7. The Hall–Kier alpha value is -3.69. The molecule has 0 saturated carbocycles. The molecule has 372 valence electrons. The van der Waals surface area contributed by atoms with Crippen LogP contribution < -0.4 is 15.1 Å². The van der Waals surface area contributed by atoms with Crippen LogP contribution in [-0.4, -0.2) is 140 Å². The van der Waals surface area contributed by atoms with Gasteiger partial charge in [-0.15, -0.1) is 0 Å². The molecule has 2 aromatic rings. The Morgan fingerprint density at radius 2 is 1.03 bits per heavy atom. The number of aliphatic hydroxyl groups excluding tert-OH is 1. The van der Waals surface area contributed by atoms with Crippen LogP contribution in [0, 0.1) is 0 Å². The lowest BCUT2D eigenvalue weighted by atomic mass is 9.84. The molecule has 2 N–H and O–H groups in total. The van der Waals surface area contributed by atoms with Gasteiger partial charge in [-0.05, 0) is 138 Å². The van der Waals surface area contributed by atoms with Gasteiger partial charge in [0.1, 0.15) is 0 Å². The third-order valence-electron chi connectivity index (χ3n) is 14.2. The SMILES string of the molecule is CN1CCCc2ccc(CN3CCCC34CCN(C(=O)OC(C(F)(F)F)C(F)(F)F)CC4)cc21.CN1CCCc2ccc(CN3CCCC34CCNCC4)cc21.OC(C(F)(F)F)C(F)(F)F. The van der Waals surface area contributed by atoms with Gasteiger partial charge in [-0.25, -0.2) is 4.79 Å². The lowest BCUT2D eigenvalue weighted by Crippen LogP contribution is -2.54. The van der Waals surface area contributed by atoms with Crippen molar-refractivity contribution in [2.45, 2.75) is 138 Å². The summed E-state index contributed by atoms with van der Waals surface area (Å²) in [7, 11) is 4.32. The number of aliphatic hydroxyl groups is 1. The first kappa shape index (κ1) is 51.7. The number of likely N-dealkylation sites (tertiary alicyclic amines) is 3. The molecule has 0 unspecified atom stereocenters. The number of hydrogen-bond donors (Lipinski definition) is 2. The molecule has 66 heavy (non-hydrogen) atoms. The molecule has 0 atom stereocenters. The number of aryl methyl sites for hydroxylation is 2. The lowest BCUT2D eigenvalue weighted by Gasteiger charge is -2.45. The summed E-state index contributed by atoms with van der Waals surface area (Å²) in [6.07, 6.45) is -19.6. The van der Waals surface area contributed by atoms with Gasteiger partial charge in [0.2, 0.25) is 6.10 Å². The van der Waals surface area contributed by atoms with Crippen LogP contribution in [0.25, 0.3) is 0 Å². The van der Waals surface area contributed by atoms with E-state index >= 15 is 0 Å². The predicted molar refractivity (Wildman–Crippen MR) is 224 cm³/mol. The normalized spacial score (nSPS) is 21.4. The average Bonchev–Trinajstić information content (AvgIpc) is 3.81. The number of ether oxygens (including phenoxy) is 1. The fourth-order valence-electron chi connectivity index (χ4n) is 10.5. The highest BCUT2D eigenvalue weighted by atomic mass is 19.4. The molecule has 2 aromatic carbocycles. The fourth-order valence-corrected chi connectivity index (χ4v) is 10.5. The quantitative estimate of drug-likeness (QED) is 0.288. The van der Waals surface area contributed by atoms with Gasteiger partial charge in [0.25, 0.3) is 6.10 Å². The number of carbonyl (C=O) groups excluding carboxylic acids is 1. The van der Waals surface area contributed by atoms with E-state index in [0.717, 1.165) is 56.8 Å². The predicted octanol–water partition coefficient (Wildman–Crippen LogP) is 9.39. The number of hydrogen-bond acceptors (Lipinski definition) is 8. The lowest BCUT2D eigenvalue weighted by molar-refractivity contribution is -0.309. The Bertz CT molecular complexity index is 1900. The molecule has 6 aliphatic heterocycles. The summed E-state index contributed by atoms with van der Waals surface area (Å²) >= 11 is 0. The molecule has 6 heterocycles. The Balaban J connectivity index is 0.000000191. The summed E-state index contributed by atoms with van der Waals surface area (Å²) in [4.78, 5) is 22.9. The van der Waals surface area contributed by atoms with Crippen molar-refractivity contribution < 1.29 is 67.3 Å². The number of nitrogens with zero attached hydrogens (tertiary/aromatic N) is 5. The number of nitrogens with one attached hydrogen (secondary N) is 1. The van der Waals surface area contributed by atoms with Crippen LogP contribution in [0.5, 0.6) is 0 Å². The number of benzene rings is 2. The van der Waals surface area contributed by atoms with Crippen LogP contribution in [0.2, 0.25) is 0 Å². The van der Waals surface area contributed by atoms with Crippen LogP contribution in [0.4, 0.5) is 68.9 Å². The van der Waals surface area contributed by atoms with Crippen molar-refractivity contribution in [1.29, 1.82) is 0 Å². The Morgan fingerprint density at radius 1 is 0.606 bits per heavy atom. The van der Waals surface area contributed by atoms with Gasteiger partial charge >= 0.3 is 30.8 Å². The maximum absolute atomic E-state index is 12.7. The van der Waals surface area contributed by atoms with Crippen LogP contribution in [-0.2, 0) is 30.7 Å². The number of fused-ring (bicyclic) bond motifs is 2. The molecular weight excluding hydrogens is 901 g/mol. The van der Waals surface area contributed by atoms with Crippen molar-refractivity contribution in [3.63, 3.8) is 0 Å². The molecule has 6 aliphatic rings. The van der Waals surface area contributed by atoms with E-state index in [0.29, 0.717) is 18.4 Å². The average molecular weight is 961 g/mol. The summed E-state index contributed by atoms with van der Waals surface area (Å²) in [5.74, 6) is 0. The number of rotatable bonds is 5. The number of carbonyl (C=O) groups is 1. The Morgan fingerprint density at radius 3 is 1.42 bits per heavy atom. The zero-order chi connectivity index (χ0) is 48.3. The topological polar surface area (TPSA) is 74.8 Å². The van der Waals surface area contributed by atoms with Crippen molar-refractivity contribution in [1.82, 2.24) is 20.0 Å². The molecule has 0 aliphatic carbocycles. The van der Waals surface area contributed by atoms with Crippen molar-refractivity contribution in [3.05, 3.63) is 58.7 Å². The highest BCUT2D eigenvalue weighted by Crippen LogP contribution is 2.42. The maximum Gasteiger partial charge on any atom is 0.434 e. The molecule has 1 amide bonds. The van der Waals surface area contributed by atoms with E-state index in [1.54, 1.807) is 0 Å². The maximum atomic E-state index is 12.7. The first-order valence-electron chi connectivity index (χ1n) is 22.6. The molecule has 0 radical (unpaired) electrons. The second-order valence-corrected chi connectivity index (χ2v) is 18.5. The van der Waals surface area contributed by atoms with Crippen molar-refractivity contribution in [2.24, 2.45) is 0 Å². The first-order valence-corrected chi connectivity index (χ1v) is 22.6. The molecule has 21 heteroatoms. The Labute approximate surface area is 377 Å². The number of piperidine rings is 2. The zero-order valence-corrected chi connectivity index (χ0v) is 37.2. The highest BCUT2D eigenvalue weighted by Gasteiger charge is 2.60. The summed E-state index contributed by atoms with van der Waals surface area (Å²) in [5.41, 5.74) is 8.54. The zero-order valence-electron chi connectivity index (χ0n) is 37.2. The number of amides is 1. The van der Waals surface area contributed by atoms with Crippen molar-refractivity contribution in [2.75, 3.05) is 76.3 Å². The van der Waals surface area contributed by atoms with Crippen LogP contribution in [0.3, 0.4) is 0 Å². The molecule has 8 rings (SSSR count). The van der Waals surface area contributed by atoms with Crippen LogP contribution in [0.15, 0.2) is 36.4 Å². The minimum atomic E-state index is -5.71. The summed E-state index contributed by atoms with van der Waals surface area (Å²) < 4.78 is 146. The molecular formula is C45H60F12N6O3. The van der Waals surface area contributed by atoms with E-state index in [4.69, 9.17) is 5.11 Å². The molecule has 0 bridgehead atoms. The van der Waals surface area contributed by atoms with Gasteiger partial charge in [-0.3, -0.25) is 9.80 Å². The van der Waals surface area contributed by atoms with Gasteiger partial charge in [0.15, 0.2) is 0 Å². The van der Waals surface area contributed by atoms with Gasteiger partial charge in [0, 0.05) is 75.8 Å². The monoisotopic (exact) mass is 960 g/mol. The highest BCUT2D eigenvalue weighted by molar-refractivity contribution is 5.68. The minimum absolute atomic E-state index is 0.0602. The van der Waals surface area contributed by atoms with Crippen LogP contribution in [0.1, 0.15) is 86.5 Å². The third-order valence-corrected chi connectivity index (χ3v) is 14.2. The van der Waals surface area contributed by atoms with Gasteiger partial charge in [0.05, 0.1) is 0 Å². The van der Waals surface area contributed by atoms with E-state index < -0.39 is 43.0 Å². The van der Waals surface area contributed by atoms with Gasteiger partial charge in [-0.1, -0.05) is 24.3 Å². The number of anilines is 2. The first-order chi connectivity index (χ1) is 30.8. The number of halogens is 12. The minimum Gasteiger partial charge on any atom is -0.426 e. The van der Waals surface area contributed by atoms with E-state index in [-0.39, 0.29) is 18.6 Å². The standard InChI is InChI=1S/C23H29F6N3O2.C19H29N3.C3H2F6O/c1-30-10-2-4-17-6-5-16(14-18(17)30)15-32-11-3-7-21(32)8-12-31(13-9-21)20(33)34-19(22(24,25)26)23(27,28)29;1-21-12-2-4-17-6-5-16(14-18(17)21)15-22-13-3-7-19(22)8-10-20-11-9-19;4-2(5,6)1(10)3(7,8)9/h5-6,14,19H,2-4,7-13,15H2,1H3;5-6,14,20H,2-4,7-13,15H2,1H3;1,10H. The van der Waals surface area contributed by atoms with E-state index in [9.17, 15) is 57.5 Å². The van der Waals surface area contributed by atoms with Gasteiger partial charge in [-0.2, -0.15) is 52.7 Å². The summed E-state index contributed by atoms with van der Waals surface area (Å²) in [6.45, 7) is 8.74. The van der Waals surface area contributed by atoms with Gasteiger partial charge < -0.3 is 29.9 Å². The second kappa shape index (κ2) is 20.5. The van der Waals surface area contributed by atoms with E-state index in [2.05, 4.69) is 80.1 Å². The largest absolute Gasteiger partial charge is 0.434 e. The van der Waals surface area contributed by atoms with E-state index in [1.807, 2.05) is 0 Å². The molecule has 0 aromatic heterocycles. The Kier molecular flexibility index (Phi) is 16.1. The second-order valence-electron chi connectivity index (χ2n) is 18.5. The number of alkyl halides is 12. The van der Waals surface area contributed by atoms with Crippen molar-refractivity contribution in [3.8, 4) is 0 Å².